The lowest BCUT2D eigenvalue weighted by Gasteiger charge is -2.34. The Morgan fingerprint density at radius 1 is 1.13 bits per heavy atom. The smallest absolute Gasteiger partial charge is 0.407 e. The lowest BCUT2D eigenvalue weighted by atomic mass is 9.95. The van der Waals surface area contributed by atoms with Gasteiger partial charge in [-0.3, -0.25) is 4.79 Å². The predicted molar refractivity (Wildman–Crippen MR) is 116 cm³/mol. The summed E-state index contributed by atoms with van der Waals surface area (Å²) in [6, 6.07) is 9.13. The monoisotopic (exact) mass is 436 g/mol. The van der Waals surface area contributed by atoms with Gasteiger partial charge in [0.1, 0.15) is 12.6 Å². The van der Waals surface area contributed by atoms with Crippen LogP contribution in [-0.2, 0) is 30.3 Å². The Morgan fingerprint density at radius 3 is 2.52 bits per heavy atom. The molecule has 0 bridgehead atoms. The van der Waals surface area contributed by atoms with Crippen molar-refractivity contribution in [2.45, 2.75) is 58.5 Å². The highest BCUT2D eigenvalue weighted by Gasteiger charge is 2.28. The third kappa shape index (κ3) is 10.1. The number of alkyl carbamates (subject to hydrolysis) is 1. The Labute approximate surface area is 185 Å². The molecular formula is C23H36N2O6. The number of carbonyl (C=O) groups is 2. The molecule has 1 amide bonds. The van der Waals surface area contributed by atoms with E-state index in [0.29, 0.717) is 39.1 Å². The molecule has 1 aliphatic rings. The van der Waals surface area contributed by atoms with E-state index in [4.69, 9.17) is 18.9 Å². The van der Waals surface area contributed by atoms with Crippen molar-refractivity contribution in [1.82, 2.24) is 10.6 Å². The first kappa shape index (κ1) is 25.1. The van der Waals surface area contributed by atoms with Crippen LogP contribution in [0.2, 0.25) is 0 Å². The molecule has 1 atom stereocenters. The first-order valence-electron chi connectivity index (χ1n) is 10.9. The zero-order valence-electron chi connectivity index (χ0n) is 18.9. The zero-order chi connectivity index (χ0) is 22.5. The van der Waals surface area contributed by atoms with E-state index in [1.165, 1.54) is 7.11 Å². The Kier molecular flexibility index (Phi) is 10.8. The molecule has 8 heteroatoms. The van der Waals surface area contributed by atoms with Gasteiger partial charge in [-0.05, 0) is 24.8 Å². The lowest BCUT2D eigenvalue weighted by Crippen LogP contribution is -2.42. The maximum absolute atomic E-state index is 12.0. The number of nitrogens with one attached hydrogen (secondary N) is 2. The molecule has 1 fully saturated rings. The number of hydrogen-bond donors (Lipinski definition) is 2. The highest BCUT2D eigenvalue weighted by atomic mass is 16.7. The van der Waals surface area contributed by atoms with Crippen LogP contribution in [0.25, 0.3) is 0 Å². The van der Waals surface area contributed by atoms with E-state index >= 15 is 0 Å². The van der Waals surface area contributed by atoms with Crippen LogP contribution in [-0.4, -0.2) is 57.8 Å². The van der Waals surface area contributed by atoms with Crippen LogP contribution in [0.5, 0.6) is 0 Å². The van der Waals surface area contributed by atoms with Gasteiger partial charge in [-0.25, -0.2) is 4.79 Å². The number of ether oxygens (including phenoxy) is 4. The summed E-state index contributed by atoms with van der Waals surface area (Å²) in [5, 5.41) is 5.96. The second-order valence-electron chi connectivity index (χ2n) is 8.52. The van der Waals surface area contributed by atoms with Crippen LogP contribution in [0.1, 0.15) is 45.1 Å². The highest BCUT2D eigenvalue weighted by molar-refractivity contribution is 5.75. The van der Waals surface area contributed by atoms with Gasteiger partial charge in [-0.2, -0.15) is 0 Å². The van der Waals surface area contributed by atoms with E-state index in [2.05, 4.69) is 24.5 Å². The van der Waals surface area contributed by atoms with Crippen LogP contribution in [0, 0.1) is 5.41 Å². The summed E-state index contributed by atoms with van der Waals surface area (Å²) < 4.78 is 21.5. The van der Waals surface area contributed by atoms with Crippen LogP contribution in [0.4, 0.5) is 4.79 Å². The molecule has 0 saturated carbocycles. The number of hydrogen-bond acceptors (Lipinski definition) is 7. The number of carbonyl (C=O) groups excluding carboxylic acids is 2. The maximum atomic E-state index is 12.0. The minimum Gasteiger partial charge on any atom is -0.468 e. The van der Waals surface area contributed by atoms with Crippen molar-refractivity contribution in [3.63, 3.8) is 0 Å². The van der Waals surface area contributed by atoms with Gasteiger partial charge in [0.25, 0.3) is 0 Å². The number of rotatable bonds is 12. The topological polar surface area (TPSA) is 95.1 Å². The molecule has 1 aromatic carbocycles. The summed E-state index contributed by atoms with van der Waals surface area (Å²) in [6.07, 6.45) is 2.09. The van der Waals surface area contributed by atoms with E-state index in [9.17, 15) is 9.59 Å². The molecular weight excluding hydrogens is 400 g/mol. The molecule has 1 heterocycles. The molecule has 2 N–H and O–H groups in total. The Hall–Kier alpha value is -2.16. The van der Waals surface area contributed by atoms with E-state index in [0.717, 1.165) is 18.4 Å². The number of methoxy groups -OCH3 is 1. The van der Waals surface area contributed by atoms with Crippen molar-refractivity contribution in [1.29, 1.82) is 0 Å². The fourth-order valence-electron chi connectivity index (χ4n) is 3.15. The minimum atomic E-state index is -0.442. The fraction of sp³-hybridized carbons (Fsp3) is 0.652. The average molecular weight is 437 g/mol. The summed E-state index contributed by atoms with van der Waals surface area (Å²) in [6.45, 7) is 6.86. The molecule has 1 aromatic rings. The largest absolute Gasteiger partial charge is 0.468 e. The SMILES string of the molecule is COC(=O)[C@H](CCCCNC(=O)OCc1ccccc1)NCCC1OCC(C)(C)CO1. The first-order chi connectivity index (χ1) is 14.9. The fourth-order valence-corrected chi connectivity index (χ4v) is 3.15. The summed E-state index contributed by atoms with van der Waals surface area (Å²) in [5.41, 5.74) is 0.984. The van der Waals surface area contributed by atoms with Crippen molar-refractivity contribution >= 4 is 12.1 Å². The standard InChI is InChI=1S/C23H36N2O6/c1-23(2)16-30-20(31-17-23)12-14-24-19(21(26)28-3)11-7-8-13-25-22(27)29-15-18-9-5-4-6-10-18/h4-6,9-10,19-20,24H,7-8,11-17H2,1-3H3,(H,25,27)/t19-/m0/s1. The van der Waals surface area contributed by atoms with E-state index in [1.807, 2.05) is 30.3 Å². The summed E-state index contributed by atoms with van der Waals surface area (Å²) in [5.74, 6) is -0.290. The summed E-state index contributed by atoms with van der Waals surface area (Å²) >= 11 is 0. The van der Waals surface area contributed by atoms with Gasteiger partial charge in [0.05, 0.1) is 20.3 Å². The highest BCUT2D eigenvalue weighted by Crippen LogP contribution is 2.23. The molecule has 174 valence electrons. The molecule has 1 aliphatic heterocycles. The van der Waals surface area contributed by atoms with Crippen molar-refractivity contribution in [3.05, 3.63) is 35.9 Å². The molecule has 0 radical (unpaired) electrons. The van der Waals surface area contributed by atoms with E-state index < -0.39 is 12.1 Å². The molecule has 0 aromatic heterocycles. The van der Waals surface area contributed by atoms with Crippen molar-refractivity contribution in [3.8, 4) is 0 Å². The van der Waals surface area contributed by atoms with Crippen molar-refractivity contribution in [2.75, 3.05) is 33.4 Å². The van der Waals surface area contributed by atoms with Crippen molar-refractivity contribution in [2.24, 2.45) is 5.41 Å². The number of esters is 1. The normalized spacial score (nSPS) is 17.0. The second-order valence-corrected chi connectivity index (χ2v) is 8.52. The van der Waals surface area contributed by atoms with Crippen molar-refractivity contribution < 1.29 is 28.5 Å². The molecule has 0 unspecified atom stereocenters. The number of unbranched alkanes of at least 4 members (excludes halogenated alkanes) is 1. The Morgan fingerprint density at radius 2 is 1.84 bits per heavy atom. The zero-order valence-corrected chi connectivity index (χ0v) is 18.9. The van der Waals surface area contributed by atoms with Gasteiger partial charge in [-0.1, -0.05) is 44.2 Å². The summed E-state index contributed by atoms with van der Waals surface area (Å²) in [7, 11) is 1.39. The third-order valence-electron chi connectivity index (χ3n) is 4.98. The van der Waals surface area contributed by atoms with Gasteiger partial charge < -0.3 is 29.6 Å². The minimum absolute atomic E-state index is 0.0421. The van der Waals surface area contributed by atoms with Gasteiger partial charge >= 0.3 is 12.1 Å². The van der Waals surface area contributed by atoms with Gasteiger partial charge in [0, 0.05) is 24.9 Å². The molecule has 1 saturated heterocycles. The Bertz CT molecular complexity index is 657. The average Bonchev–Trinajstić information content (AvgIpc) is 2.77. The van der Waals surface area contributed by atoms with Gasteiger partial charge in [-0.15, -0.1) is 0 Å². The van der Waals surface area contributed by atoms with Crippen LogP contribution >= 0.6 is 0 Å². The molecule has 8 nitrogen and oxygen atoms in total. The van der Waals surface area contributed by atoms with E-state index in [1.54, 1.807) is 0 Å². The van der Waals surface area contributed by atoms with Crippen LogP contribution in [0.3, 0.4) is 0 Å². The molecule has 0 aliphatic carbocycles. The number of benzene rings is 1. The van der Waals surface area contributed by atoms with Gasteiger partial charge in [0.15, 0.2) is 6.29 Å². The maximum Gasteiger partial charge on any atom is 0.407 e. The molecule has 31 heavy (non-hydrogen) atoms. The van der Waals surface area contributed by atoms with Crippen LogP contribution < -0.4 is 10.6 Å². The Balaban J connectivity index is 1.57. The third-order valence-corrected chi connectivity index (χ3v) is 4.98. The molecule has 2 rings (SSSR count). The first-order valence-corrected chi connectivity index (χ1v) is 10.9. The quantitative estimate of drug-likeness (QED) is 0.384. The van der Waals surface area contributed by atoms with Crippen LogP contribution in [0.15, 0.2) is 30.3 Å². The lowest BCUT2D eigenvalue weighted by molar-refractivity contribution is -0.223. The second kappa shape index (κ2) is 13.3. The molecule has 0 spiro atoms. The summed E-state index contributed by atoms with van der Waals surface area (Å²) in [4.78, 5) is 23.8. The predicted octanol–water partition coefficient (Wildman–Crippen LogP) is 3.00. The van der Waals surface area contributed by atoms with E-state index in [-0.39, 0.29) is 24.3 Å². The number of amides is 1. The van der Waals surface area contributed by atoms with Gasteiger partial charge in [0.2, 0.25) is 0 Å².